The Morgan fingerprint density at radius 1 is 1.47 bits per heavy atom. The maximum atomic E-state index is 6.32. The second-order valence-electron chi connectivity index (χ2n) is 5.67. The number of rotatable bonds is 8. The van der Waals surface area contributed by atoms with Crippen LogP contribution in [0.1, 0.15) is 51.8 Å². The number of hydrogen-bond acceptors (Lipinski definition) is 3. The normalized spacial score (nSPS) is 20.2. The monoisotopic (exact) mass is 265 g/mol. The Labute approximate surface area is 116 Å². The first-order valence-corrected chi connectivity index (χ1v) is 7.56. The third kappa shape index (κ3) is 3.80. The summed E-state index contributed by atoms with van der Waals surface area (Å²) in [7, 11) is 0. The van der Waals surface area contributed by atoms with E-state index in [4.69, 9.17) is 10.5 Å². The fourth-order valence-corrected chi connectivity index (χ4v) is 2.50. The molecule has 1 aliphatic rings. The van der Waals surface area contributed by atoms with Crippen LogP contribution in [0.3, 0.4) is 0 Å². The van der Waals surface area contributed by atoms with E-state index in [0.717, 1.165) is 25.1 Å². The summed E-state index contributed by atoms with van der Waals surface area (Å²) in [6, 6.07) is 2.60. The molecule has 0 aromatic carbocycles. The summed E-state index contributed by atoms with van der Waals surface area (Å²) in [4.78, 5) is 0. The molecule has 4 nitrogen and oxygen atoms in total. The Kier molecular flexibility index (Phi) is 4.99. The van der Waals surface area contributed by atoms with Gasteiger partial charge in [0.2, 0.25) is 0 Å². The zero-order chi connectivity index (χ0) is 13.8. The van der Waals surface area contributed by atoms with Crippen molar-refractivity contribution in [1.29, 1.82) is 0 Å². The van der Waals surface area contributed by atoms with Gasteiger partial charge in [-0.3, -0.25) is 4.68 Å². The quantitative estimate of drug-likeness (QED) is 0.786. The number of nitrogens with zero attached hydrogens (tertiary/aromatic N) is 2. The summed E-state index contributed by atoms with van der Waals surface area (Å²) < 4.78 is 7.85. The molecule has 0 amide bonds. The van der Waals surface area contributed by atoms with Crippen LogP contribution in [-0.4, -0.2) is 28.5 Å². The molecule has 0 bridgehead atoms. The molecule has 0 spiro atoms. The van der Waals surface area contributed by atoms with Gasteiger partial charge in [0.05, 0.1) is 11.8 Å². The Morgan fingerprint density at radius 2 is 2.21 bits per heavy atom. The third-order valence-corrected chi connectivity index (χ3v) is 4.02. The van der Waals surface area contributed by atoms with Crippen molar-refractivity contribution in [2.75, 3.05) is 6.61 Å². The minimum Gasteiger partial charge on any atom is -0.377 e. The minimum atomic E-state index is 0.0627. The zero-order valence-corrected chi connectivity index (χ0v) is 12.4. The molecule has 1 aliphatic carbocycles. The Morgan fingerprint density at radius 3 is 2.79 bits per heavy atom. The molecule has 3 atom stereocenters. The molecular formula is C15H27N3O. The van der Waals surface area contributed by atoms with E-state index in [2.05, 4.69) is 31.2 Å². The van der Waals surface area contributed by atoms with Gasteiger partial charge in [0.1, 0.15) is 0 Å². The van der Waals surface area contributed by atoms with Crippen molar-refractivity contribution >= 4 is 0 Å². The van der Waals surface area contributed by atoms with E-state index in [-0.39, 0.29) is 12.1 Å². The van der Waals surface area contributed by atoms with Crippen LogP contribution >= 0.6 is 0 Å². The van der Waals surface area contributed by atoms with Gasteiger partial charge in [-0.1, -0.05) is 6.92 Å². The molecule has 1 saturated carbocycles. The molecule has 4 heteroatoms. The van der Waals surface area contributed by atoms with Crippen LogP contribution in [-0.2, 0) is 11.2 Å². The van der Waals surface area contributed by atoms with E-state index in [1.54, 1.807) is 0 Å². The number of nitrogens with two attached hydrogens (primary N) is 1. The van der Waals surface area contributed by atoms with Crippen LogP contribution in [0.15, 0.2) is 12.3 Å². The van der Waals surface area contributed by atoms with Crippen LogP contribution in [0, 0.1) is 5.92 Å². The van der Waals surface area contributed by atoms with Crippen molar-refractivity contribution in [3.8, 4) is 0 Å². The van der Waals surface area contributed by atoms with Gasteiger partial charge < -0.3 is 10.5 Å². The van der Waals surface area contributed by atoms with E-state index in [1.807, 2.05) is 11.6 Å². The smallest absolute Gasteiger partial charge is 0.0757 e. The lowest BCUT2D eigenvalue weighted by Crippen LogP contribution is -2.40. The van der Waals surface area contributed by atoms with E-state index in [0.29, 0.717) is 12.0 Å². The number of ether oxygens (including phenoxy) is 1. The lowest BCUT2D eigenvalue weighted by atomic mass is 10.0. The number of hydrogen-bond donors (Lipinski definition) is 1. The molecule has 2 N–H and O–H groups in total. The topological polar surface area (TPSA) is 53.1 Å². The zero-order valence-electron chi connectivity index (χ0n) is 12.4. The van der Waals surface area contributed by atoms with Crippen molar-refractivity contribution in [2.24, 2.45) is 11.7 Å². The maximum absolute atomic E-state index is 6.32. The van der Waals surface area contributed by atoms with Gasteiger partial charge in [-0.05, 0) is 45.1 Å². The molecule has 1 aromatic rings. The summed E-state index contributed by atoms with van der Waals surface area (Å²) in [6.07, 6.45) is 6.70. The van der Waals surface area contributed by atoms with E-state index >= 15 is 0 Å². The standard InChI is InChI=1S/C15H27N3O/c1-4-11(3)18-9-8-13(17-18)10-14(16)15(19-5-2)12-6-7-12/h8-9,11-12,14-15H,4-7,10,16H2,1-3H3. The predicted molar refractivity (Wildman–Crippen MR) is 77.0 cm³/mol. The van der Waals surface area contributed by atoms with Gasteiger partial charge in [0.25, 0.3) is 0 Å². The maximum Gasteiger partial charge on any atom is 0.0757 e. The molecule has 3 unspecified atom stereocenters. The molecule has 1 fully saturated rings. The van der Waals surface area contributed by atoms with Gasteiger partial charge in [0, 0.05) is 31.3 Å². The fourth-order valence-electron chi connectivity index (χ4n) is 2.50. The van der Waals surface area contributed by atoms with Crippen molar-refractivity contribution in [3.05, 3.63) is 18.0 Å². The second-order valence-corrected chi connectivity index (χ2v) is 5.67. The average Bonchev–Trinajstić information content (AvgIpc) is 3.14. The van der Waals surface area contributed by atoms with E-state index < -0.39 is 0 Å². The third-order valence-electron chi connectivity index (χ3n) is 4.02. The molecule has 0 radical (unpaired) electrons. The molecule has 19 heavy (non-hydrogen) atoms. The Balaban J connectivity index is 1.93. The Hall–Kier alpha value is -0.870. The highest BCUT2D eigenvalue weighted by molar-refractivity contribution is 5.04. The summed E-state index contributed by atoms with van der Waals surface area (Å²) in [5.41, 5.74) is 7.40. The summed E-state index contributed by atoms with van der Waals surface area (Å²) in [5.74, 6) is 0.673. The molecule has 108 valence electrons. The van der Waals surface area contributed by atoms with Gasteiger partial charge in [-0.15, -0.1) is 0 Å². The second kappa shape index (κ2) is 6.53. The lowest BCUT2D eigenvalue weighted by Gasteiger charge is -2.23. The van der Waals surface area contributed by atoms with Gasteiger partial charge in [-0.25, -0.2) is 0 Å². The molecule has 1 aromatic heterocycles. The van der Waals surface area contributed by atoms with Gasteiger partial charge in [-0.2, -0.15) is 5.10 Å². The highest BCUT2D eigenvalue weighted by Crippen LogP contribution is 2.36. The van der Waals surface area contributed by atoms with Crippen molar-refractivity contribution in [2.45, 2.75) is 64.6 Å². The van der Waals surface area contributed by atoms with Crippen LogP contribution in [0.5, 0.6) is 0 Å². The molecular weight excluding hydrogens is 238 g/mol. The summed E-state index contributed by atoms with van der Waals surface area (Å²) in [6.45, 7) is 7.15. The van der Waals surface area contributed by atoms with E-state index in [1.165, 1.54) is 12.8 Å². The molecule has 0 aliphatic heterocycles. The van der Waals surface area contributed by atoms with Crippen molar-refractivity contribution < 1.29 is 4.74 Å². The average molecular weight is 265 g/mol. The first-order chi connectivity index (χ1) is 9.15. The van der Waals surface area contributed by atoms with E-state index in [9.17, 15) is 0 Å². The summed E-state index contributed by atoms with van der Waals surface area (Å²) in [5, 5.41) is 4.62. The van der Waals surface area contributed by atoms with Gasteiger partial charge in [0.15, 0.2) is 0 Å². The predicted octanol–water partition coefficient (Wildman–Crippen LogP) is 2.54. The minimum absolute atomic E-state index is 0.0627. The highest BCUT2D eigenvalue weighted by Gasteiger charge is 2.35. The first kappa shape index (κ1) is 14.5. The first-order valence-electron chi connectivity index (χ1n) is 7.56. The molecule has 2 rings (SSSR count). The van der Waals surface area contributed by atoms with Crippen molar-refractivity contribution in [3.63, 3.8) is 0 Å². The lowest BCUT2D eigenvalue weighted by molar-refractivity contribution is 0.0285. The van der Waals surface area contributed by atoms with Crippen molar-refractivity contribution in [1.82, 2.24) is 9.78 Å². The highest BCUT2D eigenvalue weighted by atomic mass is 16.5. The number of aromatic nitrogens is 2. The fraction of sp³-hybridized carbons (Fsp3) is 0.800. The van der Waals surface area contributed by atoms with Crippen LogP contribution in [0.25, 0.3) is 0 Å². The van der Waals surface area contributed by atoms with Crippen LogP contribution in [0.4, 0.5) is 0 Å². The Bertz CT molecular complexity index is 386. The summed E-state index contributed by atoms with van der Waals surface area (Å²) >= 11 is 0. The van der Waals surface area contributed by atoms with Crippen LogP contribution in [0.2, 0.25) is 0 Å². The van der Waals surface area contributed by atoms with Gasteiger partial charge >= 0.3 is 0 Å². The molecule has 1 heterocycles. The largest absolute Gasteiger partial charge is 0.377 e. The SMILES string of the molecule is CCOC(C(N)Cc1ccn(C(C)CC)n1)C1CC1. The van der Waals surface area contributed by atoms with Crippen LogP contribution < -0.4 is 5.73 Å². The molecule has 0 saturated heterocycles.